The molecule has 4 nitrogen and oxygen atoms in total. The Morgan fingerprint density at radius 2 is 2.19 bits per heavy atom. The maximum atomic E-state index is 13.8. The molecule has 112 valence electrons. The second kappa shape index (κ2) is 6.63. The molecule has 0 spiro atoms. The summed E-state index contributed by atoms with van der Waals surface area (Å²) < 4.78 is 13.8. The van der Waals surface area contributed by atoms with Gasteiger partial charge in [-0.3, -0.25) is 14.7 Å². The summed E-state index contributed by atoms with van der Waals surface area (Å²) in [7, 11) is 0. The first-order valence-corrected chi connectivity index (χ1v) is 7.00. The van der Waals surface area contributed by atoms with Crippen molar-refractivity contribution in [3.63, 3.8) is 0 Å². The fraction of sp³-hybridized carbons (Fsp3) is 0.375. The van der Waals surface area contributed by atoms with Crippen LogP contribution in [0.15, 0.2) is 30.5 Å². The van der Waals surface area contributed by atoms with Gasteiger partial charge in [0.2, 0.25) is 0 Å². The molecule has 0 bridgehead atoms. The second-order valence-electron chi connectivity index (χ2n) is 5.17. The van der Waals surface area contributed by atoms with Crippen LogP contribution in [0.4, 0.5) is 4.39 Å². The highest BCUT2D eigenvalue weighted by molar-refractivity contribution is 5.82. The van der Waals surface area contributed by atoms with E-state index >= 15 is 0 Å². The highest BCUT2D eigenvalue weighted by Gasteiger charge is 2.16. The predicted molar refractivity (Wildman–Crippen MR) is 79.5 cm³/mol. The topological polar surface area (TPSA) is 53.4 Å². The maximum absolute atomic E-state index is 13.8. The minimum atomic E-state index is -0.810. The molecule has 1 atom stereocenters. The van der Waals surface area contributed by atoms with E-state index in [0.717, 1.165) is 12.1 Å². The van der Waals surface area contributed by atoms with Gasteiger partial charge in [0.15, 0.2) is 0 Å². The van der Waals surface area contributed by atoms with Crippen LogP contribution in [-0.2, 0) is 11.3 Å². The number of carboxylic acids is 1. The molecule has 1 aromatic heterocycles. The molecule has 2 aromatic rings. The molecular weight excluding hydrogens is 271 g/mol. The van der Waals surface area contributed by atoms with Crippen molar-refractivity contribution in [1.29, 1.82) is 0 Å². The van der Waals surface area contributed by atoms with Gasteiger partial charge in [0.25, 0.3) is 0 Å². The van der Waals surface area contributed by atoms with Gasteiger partial charge in [0.05, 0.1) is 11.4 Å². The molecule has 0 amide bonds. The normalized spacial score (nSPS) is 12.8. The monoisotopic (exact) mass is 290 g/mol. The van der Waals surface area contributed by atoms with Crippen LogP contribution in [0.1, 0.15) is 19.4 Å². The number of rotatable bonds is 6. The van der Waals surface area contributed by atoms with Gasteiger partial charge >= 0.3 is 5.97 Å². The van der Waals surface area contributed by atoms with Crippen LogP contribution < -0.4 is 0 Å². The zero-order chi connectivity index (χ0) is 15.4. The van der Waals surface area contributed by atoms with Gasteiger partial charge in [0.1, 0.15) is 5.82 Å². The van der Waals surface area contributed by atoms with Crippen molar-refractivity contribution in [3.8, 4) is 0 Å². The highest BCUT2D eigenvalue weighted by Crippen LogP contribution is 2.21. The molecule has 0 radical (unpaired) electrons. The van der Waals surface area contributed by atoms with Crippen LogP contribution in [0.5, 0.6) is 0 Å². The van der Waals surface area contributed by atoms with Crippen molar-refractivity contribution in [2.75, 3.05) is 13.1 Å². The summed E-state index contributed by atoms with van der Waals surface area (Å²) in [5, 5.41) is 9.51. The third kappa shape index (κ3) is 3.55. The molecule has 1 N–H and O–H groups in total. The average Bonchev–Trinajstić information content (AvgIpc) is 2.49. The molecule has 0 aliphatic carbocycles. The van der Waals surface area contributed by atoms with Gasteiger partial charge in [-0.05, 0) is 30.3 Å². The first-order valence-electron chi connectivity index (χ1n) is 7.00. The van der Waals surface area contributed by atoms with Crippen molar-refractivity contribution < 1.29 is 14.3 Å². The van der Waals surface area contributed by atoms with E-state index in [2.05, 4.69) is 4.98 Å². The van der Waals surface area contributed by atoms with E-state index in [0.29, 0.717) is 24.0 Å². The number of carbonyl (C=O) groups is 1. The van der Waals surface area contributed by atoms with Crippen molar-refractivity contribution in [1.82, 2.24) is 9.88 Å². The lowest BCUT2D eigenvalue weighted by Crippen LogP contribution is -2.31. The van der Waals surface area contributed by atoms with E-state index in [1.165, 1.54) is 6.07 Å². The van der Waals surface area contributed by atoms with Gasteiger partial charge < -0.3 is 5.11 Å². The van der Waals surface area contributed by atoms with Crippen LogP contribution in [0.3, 0.4) is 0 Å². The SMILES string of the molecule is CCN(Cc1ccc(F)c2cccnc12)CC(C)C(=O)O. The molecule has 1 aromatic carbocycles. The Labute approximate surface area is 123 Å². The zero-order valence-corrected chi connectivity index (χ0v) is 12.2. The molecule has 0 fully saturated rings. The minimum absolute atomic E-state index is 0.288. The maximum Gasteiger partial charge on any atom is 0.307 e. The van der Waals surface area contributed by atoms with Crippen molar-refractivity contribution in [2.45, 2.75) is 20.4 Å². The summed E-state index contributed by atoms with van der Waals surface area (Å²) in [6, 6.07) is 6.57. The number of halogens is 1. The number of benzene rings is 1. The van der Waals surface area contributed by atoms with Gasteiger partial charge in [-0.1, -0.05) is 19.9 Å². The van der Waals surface area contributed by atoms with E-state index < -0.39 is 11.9 Å². The standard InChI is InChI=1S/C16H19FN2O2/c1-3-19(9-11(2)16(20)21)10-12-6-7-14(17)13-5-4-8-18-15(12)13/h4-8,11H,3,9-10H2,1-2H3,(H,20,21). The van der Waals surface area contributed by atoms with Crippen molar-refractivity contribution in [3.05, 3.63) is 41.8 Å². The Kier molecular flexibility index (Phi) is 4.85. The van der Waals surface area contributed by atoms with E-state index in [4.69, 9.17) is 5.11 Å². The summed E-state index contributed by atoms with van der Waals surface area (Å²) in [5.74, 6) is -1.54. The van der Waals surface area contributed by atoms with Crippen LogP contribution in [0.2, 0.25) is 0 Å². The summed E-state index contributed by atoms with van der Waals surface area (Å²) in [6.07, 6.45) is 1.64. The average molecular weight is 290 g/mol. The number of fused-ring (bicyclic) bond motifs is 1. The number of pyridine rings is 1. The van der Waals surface area contributed by atoms with E-state index in [1.54, 1.807) is 31.3 Å². The van der Waals surface area contributed by atoms with Crippen LogP contribution >= 0.6 is 0 Å². The third-order valence-corrected chi connectivity index (χ3v) is 3.59. The van der Waals surface area contributed by atoms with E-state index in [-0.39, 0.29) is 5.82 Å². The predicted octanol–water partition coefficient (Wildman–Crippen LogP) is 2.92. The number of hydrogen-bond donors (Lipinski definition) is 1. The Hall–Kier alpha value is -2.01. The summed E-state index contributed by atoms with van der Waals surface area (Å²) in [4.78, 5) is 17.3. The van der Waals surface area contributed by atoms with Gasteiger partial charge in [-0.25, -0.2) is 4.39 Å². The van der Waals surface area contributed by atoms with Crippen LogP contribution in [-0.4, -0.2) is 34.0 Å². The van der Waals surface area contributed by atoms with E-state index in [1.807, 2.05) is 11.8 Å². The van der Waals surface area contributed by atoms with Gasteiger partial charge in [0, 0.05) is 24.7 Å². The molecule has 0 aliphatic heterocycles. The van der Waals surface area contributed by atoms with Crippen LogP contribution in [0, 0.1) is 11.7 Å². The fourth-order valence-electron chi connectivity index (χ4n) is 2.34. The first kappa shape index (κ1) is 15.4. The lowest BCUT2D eigenvalue weighted by atomic mass is 10.1. The minimum Gasteiger partial charge on any atom is -0.481 e. The molecule has 5 heteroatoms. The van der Waals surface area contributed by atoms with Crippen LogP contribution in [0.25, 0.3) is 10.9 Å². The van der Waals surface area contributed by atoms with E-state index in [9.17, 15) is 9.18 Å². The molecule has 1 unspecified atom stereocenters. The van der Waals surface area contributed by atoms with Crippen molar-refractivity contribution in [2.24, 2.45) is 5.92 Å². The number of hydrogen-bond acceptors (Lipinski definition) is 3. The van der Waals surface area contributed by atoms with Gasteiger partial charge in [-0.15, -0.1) is 0 Å². The quantitative estimate of drug-likeness (QED) is 0.888. The number of nitrogens with zero attached hydrogens (tertiary/aromatic N) is 2. The number of aromatic nitrogens is 1. The molecule has 21 heavy (non-hydrogen) atoms. The molecule has 1 heterocycles. The Balaban J connectivity index is 2.26. The van der Waals surface area contributed by atoms with Crippen molar-refractivity contribution >= 4 is 16.9 Å². The molecule has 0 saturated carbocycles. The molecular formula is C16H19FN2O2. The fourth-order valence-corrected chi connectivity index (χ4v) is 2.34. The highest BCUT2D eigenvalue weighted by atomic mass is 19.1. The Bertz CT molecular complexity index is 645. The second-order valence-corrected chi connectivity index (χ2v) is 5.17. The lowest BCUT2D eigenvalue weighted by molar-refractivity contribution is -0.141. The Morgan fingerprint density at radius 3 is 2.86 bits per heavy atom. The number of aliphatic carboxylic acids is 1. The Morgan fingerprint density at radius 1 is 1.43 bits per heavy atom. The smallest absolute Gasteiger partial charge is 0.307 e. The molecule has 0 aliphatic rings. The van der Waals surface area contributed by atoms with Gasteiger partial charge in [-0.2, -0.15) is 0 Å². The lowest BCUT2D eigenvalue weighted by Gasteiger charge is -2.23. The third-order valence-electron chi connectivity index (χ3n) is 3.59. The summed E-state index contributed by atoms with van der Waals surface area (Å²) >= 11 is 0. The molecule has 0 saturated heterocycles. The zero-order valence-electron chi connectivity index (χ0n) is 12.2. The summed E-state index contributed by atoms with van der Waals surface area (Å²) in [6.45, 7) is 5.41. The first-order chi connectivity index (χ1) is 10.0. The number of carboxylic acid groups (broad SMARTS) is 1. The largest absolute Gasteiger partial charge is 0.481 e. The molecule has 2 rings (SSSR count). The summed E-state index contributed by atoms with van der Waals surface area (Å²) in [5.41, 5.74) is 1.55.